The molecule has 7 nitrogen and oxygen atoms in total. The summed E-state index contributed by atoms with van der Waals surface area (Å²) in [5.74, 6) is -0.888. The summed E-state index contributed by atoms with van der Waals surface area (Å²) in [4.78, 5) is 11.3. The van der Waals surface area contributed by atoms with Crippen molar-refractivity contribution >= 4 is 17.7 Å². The second-order valence-corrected chi connectivity index (χ2v) is 5.42. The van der Waals surface area contributed by atoms with E-state index in [4.69, 9.17) is 0 Å². The number of amides is 1. The molecule has 0 aliphatic rings. The molecule has 1 amide bonds. The van der Waals surface area contributed by atoms with E-state index in [9.17, 15) is 18.0 Å². The molecule has 0 atom stereocenters. The Labute approximate surface area is 124 Å². The lowest BCUT2D eigenvalue weighted by molar-refractivity contribution is -0.136. The topological polar surface area (TPSA) is 84.7 Å². The van der Waals surface area contributed by atoms with Crippen molar-refractivity contribution in [2.24, 2.45) is 0 Å². The maximum absolute atomic E-state index is 11.9. The van der Waals surface area contributed by atoms with Crippen molar-refractivity contribution < 1.29 is 18.0 Å². The first kappa shape index (κ1) is 17.7. The van der Waals surface area contributed by atoms with Gasteiger partial charge in [0.15, 0.2) is 0 Å². The summed E-state index contributed by atoms with van der Waals surface area (Å²) < 4.78 is 37.3. The standard InChI is InChI=1S/C10H17F3N6OS/c1-7(2)14-3-4-19-9(16-17-18-19)21-5-8(20)15-6-10(11,12)13/h7,14H,3-6H2,1-2H3,(H,15,20). The Morgan fingerprint density at radius 1 is 1.43 bits per heavy atom. The fourth-order valence-electron chi connectivity index (χ4n) is 1.28. The van der Waals surface area contributed by atoms with Gasteiger partial charge in [0.2, 0.25) is 11.1 Å². The Morgan fingerprint density at radius 2 is 2.14 bits per heavy atom. The molecule has 0 aromatic carbocycles. The third kappa shape index (κ3) is 7.85. The zero-order valence-corrected chi connectivity index (χ0v) is 12.5. The van der Waals surface area contributed by atoms with Crippen LogP contribution in [0.1, 0.15) is 13.8 Å². The van der Waals surface area contributed by atoms with Crippen LogP contribution in [-0.4, -0.2) is 57.2 Å². The summed E-state index contributed by atoms with van der Waals surface area (Å²) in [7, 11) is 0. The second kappa shape index (κ2) is 8.17. The Morgan fingerprint density at radius 3 is 2.76 bits per heavy atom. The van der Waals surface area contributed by atoms with Gasteiger partial charge in [0.25, 0.3) is 0 Å². The molecule has 0 radical (unpaired) electrons. The highest BCUT2D eigenvalue weighted by Gasteiger charge is 2.27. The van der Waals surface area contributed by atoms with Crippen molar-refractivity contribution in [3.63, 3.8) is 0 Å². The van der Waals surface area contributed by atoms with E-state index in [0.717, 1.165) is 11.8 Å². The number of carbonyl (C=O) groups excluding carboxylic acids is 1. The molecule has 0 spiro atoms. The minimum absolute atomic E-state index is 0.173. The van der Waals surface area contributed by atoms with Gasteiger partial charge in [-0.2, -0.15) is 13.2 Å². The lowest BCUT2D eigenvalue weighted by atomic mass is 10.4. The van der Waals surface area contributed by atoms with E-state index in [1.807, 2.05) is 13.8 Å². The number of tetrazole rings is 1. The van der Waals surface area contributed by atoms with Crippen LogP contribution >= 0.6 is 11.8 Å². The van der Waals surface area contributed by atoms with E-state index in [2.05, 4.69) is 20.8 Å². The van der Waals surface area contributed by atoms with Crippen molar-refractivity contribution in [3.05, 3.63) is 0 Å². The summed E-state index contributed by atoms with van der Waals surface area (Å²) in [6, 6.07) is 0.325. The number of halogens is 3. The van der Waals surface area contributed by atoms with E-state index in [-0.39, 0.29) is 5.75 Å². The first-order valence-electron chi connectivity index (χ1n) is 6.23. The summed E-state index contributed by atoms with van der Waals surface area (Å²) in [6.45, 7) is 3.82. The molecule has 0 fully saturated rings. The lowest BCUT2D eigenvalue weighted by Crippen LogP contribution is -2.34. The number of thioether (sulfide) groups is 1. The molecule has 120 valence electrons. The highest BCUT2D eigenvalue weighted by molar-refractivity contribution is 7.99. The number of nitrogens with one attached hydrogen (secondary N) is 2. The van der Waals surface area contributed by atoms with Crippen LogP contribution < -0.4 is 10.6 Å². The molecule has 1 heterocycles. The Kier molecular flexibility index (Phi) is 6.89. The summed E-state index contributed by atoms with van der Waals surface area (Å²) >= 11 is 0.991. The van der Waals surface area contributed by atoms with Gasteiger partial charge in [0.05, 0.1) is 12.3 Å². The molecule has 1 aromatic rings. The monoisotopic (exact) mass is 326 g/mol. The van der Waals surface area contributed by atoms with Crippen molar-refractivity contribution in [2.75, 3.05) is 18.8 Å². The lowest BCUT2D eigenvalue weighted by Gasteiger charge is -2.09. The van der Waals surface area contributed by atoms with Gasteiger partial charge in [-0.05, 0) is 10.4 Å². The number of carbonyl (C=O) groups is 1. The summed E-state index contributed by atoms with van der Waals surface area (Å²) in [5, 5.41) is 16.3. The van der Waals surface area contributed by atoms with Crippen LogP contribution in [0.25, 0.3) is 0 Å². The second-order valence-electron chi connectivity index (χ2n) is 4.47. The fraction of sp³-hybridized carbons (Fsp3) is 0.800. The number of aromatic nitrogens is 4. The van der Waals surface area contributed by atoms with E-state index in [1.54, 1.807) is 5.32 Å². The minimum Gasteiger partial charge on any atom is -0.346 e. The van der Waals surface area contributed by atoms with Crippen molar-refractivity contribution in [1.29, 1.82) is 0 Å². The van der Waals surface area contributed by atoms with Gasteiger partial charge >= 0.3 is 6.18 Å². The van der Waals surface area contributed by atoms with Crippen LogP contribution in [0.15, 0.2) is 5.16 Å². The van der Waals surface area contributed by atoms with Gasteiger partial charge in [-0.25, -0.2) is 4.68 Å². The van der Waals surface area contributed by atoms with Gasteiger partial charge in [0, 0.05) is 12.6 Å². The average Bonchev–Trinajstić information content (AvgIpc) is 2.80. The molecule has 11 heteroatoms. The number of hydrogen-bond acceptors (Lipinski definition) is 6. The third-order valence-electron chi connectivity index (χ3n) is 2.19. The molecule has 0 saturated carbocycles. The molecule has 1 rings (SSSR count). The third-order valence-corrected chi connectivity index (χ3v) is 3.15. The number of hydrogen-bond donors (Lipinski definition) is 2. The van der Waals surface area contributed by atoms with Crippen molar-refractivity contribution in [1.82, 2.24) is 30.8 Å². The summed E-state index contributed by atoms with van der Waals surface area (Å²) in [6.07, 6.45) is -4.41. The van der Waals surface area contributed by atoms with Gasteiger partial charge in [0.1, 0.15) is 6.54 Å². The zero-order chi connectivity index (χ0) is 15.9. The van der Waals surface area contributed by atoms with Crippen LogP contribution in [0.3, 0.4) is 0 Å². The van der Waals surface area contributed by atoms with Crippen molar-refractivity contribution in [3.8, 4) is 0 Å². The van der Waals surface area contributed by atoms with Gasteiger partial charge in [-0.3, -0.25) is 4.79 Å². The normalized spacial score (nSPS) is 11.9. The molecule has 0 aliphatic carbocycles. The van der Waals surface area contributed by atoms with Gasteiger partial charge < -0.3 is 10.6 Å². The van der Waals surface area contributed by atoms with Crippen LogP contribution in [-0.2, 0) is 11.3 Å². The van der Waals surface area contributed by atoms with E-state index in [1.165, 1.54) is 4.68 Å². The molecule has 0 saturated heterocycles. The van der Waals surface area contributed by atoms with Crippen LogP contribution in [0.4, 0.5) is 13.2 Å². The Hall–Kier alpha value is -1.36. The quantitative estimate of drug-likeness (QED) is 0.675. The highest BCUT2D eigenvalue weighted by atomic mass is 32.2. The molecule has 0 aliphatic heterocycles. The molecular weight excluding hydrogens is 309 g/mol. The van der Waals surface area contributed by atoms with Gasteiger partial charge in [-0.15, -0.1) is 5.10 Å². The SMILES string of the molecule is CC(C)NCCn1nnnc1SCC(=O)NCC(F)(F)F. The first-order chi connectivity index (χ1) is 9.78. The molecule has 0 bridgehead atoms. The van der Waals surface area contributed by atoms with E-state index >= 15 is 0 Å². The molecule has 2 N–H and O–H groups in total. The van der Waals surface area contributed by atoms with Crippen molar-refractivity contribution in [2.45, 2.75) is 37.8 Å². The molecular formula is C10H17F3N6OS. The first-order valence-corrected chi connectivity index (χ1v) is 7.22. The largest absolute Gasteiger partial charge is 0.405 e. The van der Waals surface area contributed by atoms with E-state index in [0.29, 0.717) is 24.3 Å². The number of alkyl halides is 3. The number of rotatable bonds is 8. The summed E-state index contributed by atoms with van der Waals surface area (Å²) in [5.41, 5.74) is 0. The predicted molar refractivity (Wildman–Crippen MR) is 70.7 cm³/mol. The highest BCUT2D eigenvalue weighted by Crippen LogP contribution is 2.14. The molecule has 1 aromatic heterocycles. The molecule has 0 unspecified atom stereocenters. The number of nitrogens with zero attached hydrogens (tertiary/aromatic N) is 4. The maximum atomic E-state index is 11.9. The predicted octanol–water partition coefficient (Wildman–Crippen LogP) is 0.442. The van der Waals surface area contributed by atoms with Crippen LogP contribution in [0, 0.1) is 0 Å². The smallest absolute Gasteiger partial charge is 0.346 e. The van der Waals surface area contributed by atoms with Crippen LogP contribution in [0.5, 0.6) is 0 Å². The maximum Gasteiger partial charge on any atom is 0.405 e. The fourth-order valence-corrected chi connectivity index (χ4v) is 2.01. The minimum atomic E-state index is -4.41. The molecule has 21 heavy (non-hydrogen) atoms. The zero-order valence-electron chi connectivity index (χ0n) is 11.6. The average molecular weight is 326 g/mol. The Balaban J connectivity index is 2.35. The van der Waals surface area contributed by atoms with Crippen LogP contribution in [0.2, 0.25) is 0 Å². The van der Waals surface area contributed by atoms with E-state index < -0.39 is 18.6 Å². The van der Waals surface area contributed by atoms with Gasteiger partial charge in [-0.1, -0.05) is 25.6 Å². The Bertz CT molecular complexity index is 450.